The molecular weight excluding hydrogens is 426 g/mol. The lowest BCUT2D eigenvalue weighted by Gasteiger charge is -2.22. The Labute approximate surface area is 178 Å². The maximum atomic E-state index is 12.9. The molecule has 0 radical (unpaired) electrons. The van der Waals surface area contributed by atoms with Gasteiger partial charge in [-0.05, 0) is 37.1 Å². The summed E-state index contributed by atoms with van der Waals surface area (Å²) >= 11 is 0. The van der Waals surface area contributed by atoms with Gasteiger partial charge in [-0.25, -0.2) is 13.2 Å². The molecule has 1 heterocycles. The number of carbonyl (C=O) groups excluding carboxylic acids is 2. The van der Waals surface area contributed by atoms with Crippen LogP contribution in [0.1, 0.15) is 33.6 Å². The lowest BCUT2D eigenvalue weighted by Crippen LogP contribution is -2.22. The topological polar surface area (TPSA) is 136 Å². The number of nitro groups is 1. The molecule has 1 fully saturated rings. The van der Waals surface area contributed by atoms with Crippen LogP contribution in [0.25, 0.3) is 0 Å². The Kier molecular flexibility index (Phi) is 6.25. The van der Waals surface area contributed by atoms with Crippen LogP contribution in [0.4, 0.5) is 17.1 Å². The van der Waals surface area contributed by atoms with Crippen LogP contribution in [0.15, 0.2) is 41.3 Å². The summed E-state index contributed by atoms with van der Waals surface area (Å²) in [6.45, 7) is 1.55. The second-order valence-corrected chi connectivity index (χ2v) is 9.13. The summed E-state index contributed by atoms with van der Waals surface area (Å²) in [5.74, 6) is -1.32. The number of anilines is 2. The normalized spacial score (nSPS) is 13.7. The zero-order valence-electron chi connectivity index (χ0n) is 17.0. The number of amides is 1. The van der Waals surface area contributed by atoms with Crippen LogP contribution in [0, 0.1) is 10.1 Å². The number of carbonyl (C=O) groups is 2. The van der Waals surface area contributed by atoms with E-state index in [1.54, 1.807) is 12.1 Å². The van der Waals surface area contributed by atoms with Crippen LogP contribution < -0.4 is 10.2 Å². The summed E-state index contributed by atoms with van der Waals surface area (Å²) in [6.07, 6.45) is 2.86. The zero-order valence-corrected chi connectivity index (χ0v) is 17.8. The van der Waals surface area contributed by atoms with Gasteiger partial charge in [0.1, 0.15) is 0 Å². The number of hydrogen-bond acceptors (Lipinski definition) is 8. The first-order chi connectivity index (χ1) is 14.6. The first kappa shape index (κ1) is 22.2. The lowest BCUT2D eigenvalue weighted by molar-refractivity contribution is -0.385. The first-order valence-electron chi connectivity index (χ1n) is 9.38. The van der Waals surface area contributed by atoms with Crippen LogP contribution in [-0.4, -0.2) is 51.7 Å². The molecule has 0 unspecified atom stereocenters. The van der Waals surface area contributed by atoms with Gasteiger partial charge in [0.05, 0.1) is 33.9 Å². The number of esters is 1. The van der Waals surface area contributed by atoms with Crippen molar-refractivity contribution < 1.29 is 27.7 Å². The Morgan fingerprint density at radius 1 is 1.10 bits per heavy atom. The van der Waals surface area contributed by atoms with Crippen LogP contribution >= 0.6 is 0 Å². The summed E-state index contributed by atoms with van der Waals surface area (Å²) in [6, 6.07) is 7.74. The minimum absolute atomic E-state index is 0.189. The van der Waals surface area contributed by atoms with E-state index in [9.17, 15) is 28.1 Å². The maximum absolute atomic E-state index is 12.9. The Morgan fingerprint density at radius 3 is 2.35 bits per heavy atom. The van der Waals surface area contributed by atoms with Gasteiger partial charge in [-0.15, -0.1) is 0 Å². The van der Waals surface area contributed by atoms with Crippen LogP contribution in [0.5, 0.6) is 0 Å². The molecule has 1 aliphatic heterocycles. The molecule has 1 N–H and O–H groups in total. The fourth-order valence-corrected chi connectivity index (χ4v) is 4.02. The number of sulfone groups is 1. The second kappa shape index (κ2) is 8.72. The Morgan fingerprint density at radius 2 is 1.77 bits per heavy atom. The van der Waals surface area contributed by atoms with Crippen molar-refractivity contribution in [1.82, 2.24) is 0 Å². The zero-order chi connectivity index (χ0) is 22.8. The van der Waals surface area contributed by atoms with Crippen molar-refractivity contribution >= 4 is 38.8 Å². The molecule has 0 bridgehead atoms. The van der Waals surface area contributed by atoms with Gasteiger partial charge in [0.25, 0.3) is 11.6 Å². The molecule has 1 saturated heterocycles. The molecule has 164 valence electrons. The van der Waals surface area contributed by atoms with Crippen molar-refractivity contribution in [3.05, 3.63) is 57.6 Å². The minimum Gasteiger partial charge on any atom is -0.465 e. The number of methoxy groups -OCH3 is 1. The van der Waals surface area contributed by atoms with E-state index in [1.807, 2.05) is 4.90 Å². The van der Waals surface area contributed by atoms with E-state index in [4.69, 9.17) is 4.74 Å². The number of rotatable bonds is 6. The van der Waals surface area contributed by atoms with E-state index < -0.39 is 32.3 Å². The third-order valence-corrected chi connectivity index (χ3v) is 6.00. The molecule has 0 aromatic heterocycles. The van der Waals surface area contributed by atoms with Crippen molar-refractivity contribution in [2.24, 2.45) is 0 Å². The number of ether oxygens (including phenoxy) is 1. The molecule has 1 amide bonds. The number of nitro benzene ring substituents is 1. The van der Waals surface area contributed by atoms with E-state index in [1.165, 1.54) is 13.2 Å². The van der Waals surface area contributed by atoms with Crippen molar-refractivity contribution in [2.45, 2.75) is 17.7 Å². The fraction of sp³-hybridized carbons (Fsp3) is 0.300. The van der Waals surface area contributed by atoms with Gasteiger partial charge in [-0.3, -0.25) is 14.9 Å². The Balaban J connectivity index is 2.03. The fourth-order valence-electron chi connectivity index (χ4n) is 3.34. The monoisotopic (exact) mass is 447 g/mol. The molecule has 0 saturated carbocycles. The highest BCUT2D eigenvalue weighted by Gasteiger charge is 2.22. The first-order valence-corrected chi connectivity index (χ1v) is 11.3. The molecule has 10 nitrogen and oxygen atoms in total. The van der Waals surface area contributed by atoms with E-state index in [0.717, 1.165) is 50.4 Å². The van der Waals surface area contributed by atoms with Crippen LogP contribution in [-0.2, 0) is 14.6 Å². The number of nitrogens with zero attached hydrogens (tertiary/aromatic N) is 2. The molecule has 31 heavy (non-hydrogen) atoms. The number of benzene rings is 2. The average Bonchev–Trinajstić information content (AvgIpc) is 3.26. The van der Waals surface area contributed by atoms with Crippen LogP contribution in [0.3, 0.4) is 0 Å². The minimum atomic E-state index is -3.78. The summed E-state index contributed by atoms with van der Waals surface area (Å²) in [5, 5.41) is 13.9. The number of hydrogen-bond donors (Lipinski definition) is 1. The Bertz CT molecular complexity index is 1160. The Hall–Kier alpha value is -3.47. The number of non-ortho nitro benzene ring substituents is 1. The van der Waals surface area contributed by atoms with Gasteiger partial charge in [0.15, 0.2) is 9.84 Å². The summed E-state index contributed by atoms with van der Waals surface area (Å²) in [5.41, 5.74) is 0.521. The average molecular weight is 447 g/mol. The van der Waals surface area contributed by atoms with E-state index in [2.05, 4.69) is 5.32 Å². The van der Waals surface area contributed by atoms with Crippen molar-refractivity contribution in [3.8, 4) is 0 Å². The van der Waals surface area contributed by atoms with Crippen LogP contribution in [0.2, 0.25) is 0 Å². The van der Waals surface area contributed by atoms with Crippen molar-refractivity contribution in [3.63, 3.8) is 0 Å². The molecular formula is C20H21N3O7S. The molecule has 3 rings (SSSR count). The van der Waals surface area contributed by atoms with E-state index in [0.29, 0.717) is 11.4 Å². The highest BCUT2D eigenvalue weighted by atomic mass is 32.2. The molecule has 0 spiro atoms. The SMILES string of the molecule is COC(=O)c1ccc(N2CCCC2)c(NC(=O)c2cc([N+](=O)[O-])cc(S(C)(=O)=O)c2)c1. The molecule has 0 atom stereocenters. The van der Waals surface area contributed by atoms with Gasteiger partial charge in [0, 0.05) is 37.0 Å². The van der Waals surface area contributed by atoms with Gasteiger partial charge < -0.3 is 15.0 Å². The maximum Gasteiger partial charge on any atom is 0.337 e. The molecule has 11 heteroatoms. The van der Waals surface area contributed by atoms with Gasteiger partial charge in [-0.1, -0.05) is 0 Å². The van der Waals surface area contributed by atoms with Crippen molar-refractivity contribution in [1.29, 1.82) is 0 Å². The number of nitrogens with one attached hydrogen (secondary N) is 1. The van der Waals surface area contributed by atoms with Gasteiger partial charge >= 0.3 is 5.97 Å². The highest BCUT2D eigenvalue weighted by molar-refractivity contribution is 7.90. The standard InChI is InChI=1S/C20H21N3O7S/c1-30-20(25)13-5-6-18(22-7-3-4-8-22)17(11-13)21-19(24)14-9-15(23(26)27)12-16(10-14)31(2,28)29/h5-6,9-12H,3-4,7-8H2,1-2H3,(H,21,24). The summed E-state index contributed by atoms with van der Waals surface area (Å²) in [7, 11) is -2.54. The quantitative estimate of drug-likeness (QED) is 0.405. The second-order valence-electron chi connectivity index (χ2n) is 7.12. The predicted molar refractivity (Wildman–Crippen MR) is 113 cm³/mol. The van der Waals surface area contributed by atoms with E-state index in [-0.39, 0.29) is 16.0 Å². The van der Waals surface area contributed by atoms with Gasteiger partial charge in [-0.2, -0.15) is 0 Å². The van der Waals surface area contributed by atoms with E-state index >= 15 is 0 Å². The lowest BCUT2D eigenvalue weighted by atomic mass is 10.1. The molecule has 2 aromatic carbocycles. The molecule has 2 aromatic rings. The summed E-state index contributed by atoms with van der Waals surface area (Å²) < 4.78 is 28.6. The molecule has 0 aliphatic carbocycles. The third-order valence-electron chi connectivity index (χ3n) is 4.91. The molecule has 1 aliphatic rings. The van der Waals surface area contributed by atoms with Crippen molar-refractivity contribution in [2.75, 3.05) is 36.7 Å². The highest BCUT2D eigenvalue weighted by Crippen LogP contribution is 2.31. The smallest absolute Gasteiger partial charge is 0.337 e. The predicted octanol–water partition coefficient (Wildman–Crippen LogP) is 2.64. The third kappa shape index (κ3) is 5.00. The van der Waals surface area contributed by atoms with Gasteiger partial charge in [0.2, 0.25) is 0 Å². The largest absolute Gasteiger partial charge is 0.465 e. The summed E-state index contributed by atoms with van der Waals surface area (Å²) in [4.78, 5) is 37.0.